The van der Waals surface area contributed by atoms with Crippen LogP contribution in [0.3, 0.4) is 0 Å². The summed E-state index contributed by atoms with van der Waals surface area (Å²) in [7, 11) is 0. The van der Waals surface area contributed by atoms with Crippen molar-refractivity contribution in [2.75, 3.05) is 13.2 Å². The van der Waals surface area contributed by atoms with Crippen molar-refractivity contribution in [1.82, 2.24) is 5.32 Å². The van der Waals surface area contributed by atoms with Crippen LogP contribution in [0.15, 0.2) is 12.2 Å². The van der Waals surface area contributed by atoms with E-state index in [4.69, 9.17) is 4.74 Å². The number of aliphatic hydroxyl groups excluding tert-OH is 2. The molecule has 0 aliphatic carbocycles. The van der Waals surface area contributed by atoms with Crippen molar-refractivity contribution in [3.05, 3.63) is 12.2 Å². The number of carbonyl (C=O) groups is 2. The summed E-state index contributed by atoms with van der Waals surface area (Å²) >= 11 is 0. The number of ether oxygens (including phenoxy) is 1. The predicted octanol–water partition coefficient (Wildman–Crippen LogP) is 16.5. The van der Waals surface area contributed by atoms with Gasteiger partial charge in [0.1, 0.15) is 0 Å². The second kappa shape index (κ2) is 51.2. The SMILES string of the molecule is CCCCCCC/C=C\CCCCCCCC(=O)OCCCCCCCCCCCCCC(=O)NC(CO)C(O)CCCCCCCCCCCCCCCCCCCCC. The number of hydrogen-bond acceptors (Lipinski definition) is 5. The lowest BCUT2D eigenvalue weighted by Gasteiger charge is -2.22. The predicted molar refractivity (Wildman–Crippen MR) is 264 cm³/mol. The van der Waals surface area contributed by atoms with Gasteiger partial charge in [-0.1, -0.05) is 251 Å². The number of esters is 1. The molecule has 0 heterocycles. The molecular weight excluding hydrogens is 755 g/mol. The molecular formula is C55H107NO5. The molecule has 0 saturated carbocycles. The van der Waals surface area contributed by atoms with Crippen molar-refractivity contribution in [2.45, 2.75) is 315 Å². The summed E-state index contributed by atoms with van der Waals surface area (Å²) in [6, 6.07) is -0.555. The second-order valence-electron chi connectivity index (χ2n) is 18.9. The fraction of sp³-hybridized carbons (Fsp3) is 0.927. The first-order chi connectivity index (χ1) is 30.0. The standard InChI is InChI=1S/C55H107NO5/c1-3-5-7-9-11-13-15-17-19-20-21-22-23-24-27-31-35-39-43-47-53(58)52(51-57)56-54(59)48-44-40-36-32-28-26-30-34-38-42-46-50-61-55(60)49-45-41-37-33-29-25-18-16-14-12-10-8-6-4-2/h16,18,52-53,57-58H,3-15,17,19-51H2,1-2H3,(H,56,59)/b18-16-. The molecule has 3 N–H and O–H groups in total. The minimum absolute atomic E-state index is 0.0213. The average Bonchev–Trinajstić information content (AvgIpc) is 3.26. The molecule has 0 saturated heterocycles. The summed E-state index contributed by atoms with van der Waals surface area (Å²) in [6.45, 7) is 4.91. The molecule has 2 unspecified atom stereocenters. The number of unbranched alkanes of at least 4 members (excludes halogenated alkanes) is 38. The molecule has 6 nitrogen and oxygen atoms in total. The quantitative estimate of drug-likeness (QED) is 0.0322. The van der Waals surface area contributed by atoms with Crippen molar-refractivity contribution >= 4 is 11.9 Å². The van der Waals surface area contributed by atoms with Crippen LogP contribution in [0.2, 0.25) is 0 Å². The molecule has 6 heteroatoms. The van der Waals surface area contributed by atoms with Gasteiger partial charge >= 0.3 is 5.97 Å². The number of amides is 1. The van der Waals surface area contributed by atoms with Gasteiger partial charge in [-0.2, -0.15) is 0 Å². The Balaban J connectivity index is 3.47. The van der Waals surface area contributed by atoms with Gasteiger partial charge in [0.2, 0.25) is 5.91 Å². The Labute approximate surface area is 380 Å². The molecule has 0 radical (unpaired) electrons. The summed E-state index contributed by atoms with van der Waals surface area (Å²) in [5, 5.41) is 23.3. The minimum atomic E-state index is -0.676. The summed E-state index contributed by atoms with van der Waals surface area (Å²) in [6.07, 6.45) is 59.0. The largest absolute Gasteiger partial charge is 0.466 e. The third kappa shape index (κ3) is 47.9. The Morgan fingerprint density at radius 2 is 0.770 bits per heavy atom. The van der Waals surface area contributed by atoms with E-state index in [9.17, 15) is 19.8 Å². The molecule has 0 bridgehead atoms. The van der Waals surface area contributed by atoms with Crippen LogP contribution in [-0.4, -0.2) is 47.4 Å². The third-order valence-corrected chi connectivity index (χ3v) is 12.8. The van der Waals surface area contributed by atoms with Crippen molar-refractivity contribution < 1.29 is 24.5 Å². The highest BCUT2D eigenvalue weighted by Gasteiger charge is 2.20. The van der Waals surface area contributed by atoms with Crippen molar-refractivity contribution in [3.63, 3.8) is 0 Å². The van der Waals surface area contributed by atoms with E-state index in [-0.39, 0.29) is 18.5 Å². The molecule has 0 aromatic heterocycles. The normalized spacial score (nSPS) is 12.7. The number of allylic oxidation sites excluding steroid dienone is 2. The smallest absolute Gasteiger partial charge is 0.305 e. The van der Waals surface area contributed by atoms with Crippen molar-refractivity contribution in [1.29, 1.82) is 0 Å². The van der Waals surface area contributed by atoms with Gasteiger partial charge in [0, 0.05) is 12.8 Å². The zero-order valence-corrected chi connectivity index (χ0v) is 41.2. The zero-order valence-electron chi connectivity index (χ0n) is 41.2. The third-order valence-electron chi connectivity index (χ3n) is 12.8. The van der Waals surface area contributed by atoms with E-state index in [1.165, 1.54) is 212 Å². The van der Waals surface area contributed by atoms with Gasteiger partial charge < -0.3 is 20.3 Å². The molecule has 0 fully saturated rings. The van der Waals surface area contributed by atoms with Crippen molar-refractivity contribution in [3.8, 4) is 0 Å². The van der Waals surface area contributed by atoms with E-state index >= 15 is 0 Å². The molecule has 2 atom stereocenters. The van der Waals surface area contributed by atoms with Crippen LogP contribution in [0.1, 0.15) is 303 Å². The topological polar surface area (TPSA) is 95.9 Å². The maximum atomic E-state index is 12.5. The van der Waals surface area contributed by atoms with E-state index in [1.807, 2.05) is 0 Å². The Kier molecular flexibility index (Phi) is 50.1. The lowest BCUT2D eigenvalue weighted by atomic mass is 10.0. The fourth-order valence-corrected chi connectivity index (χ4v) is 8.58. The molecule has 0 aromatic rings. The first kappa shape index (κ1) is 59.6. The fourth-order valence-electron chi connectivity index (χ4n) is 8.58. The molecule has 0 aliphatic rings. The van der Waals surface area contributed by atoms with Crippen LogP contribution in [0, 0.1) is 0 Å². The van der Waals surface area contributed by atoms with Crippen LogP contribution >= 0.6 is 0 Å². The average molecular weight is 862 g/mol. The van der Waals surface area contributed by atoms with Crippen LogP contribution < -0.4 is 5.32 Å². The van der Waals surface area contributed by atoms with Gasteiger partial charge in [0.15, 0.2) is 0 Å². The molecule has 0 aliphatic heterocycles. The molecule has 1 amide bonds. The Morgan fingerprint density at radius 3 is 1.16 bits per heavy atom. The van der Waals surface area contributed by atoms with E-state index in [2.05, 4.69) is 31.3 Å². The van der Waals surface area contributed by atoms with Gasteiger partial charge in [-0.15, -0.1) is 0 Å². The lowest BCUT2D eigenvalue weighted by Crippen LogP contribution is -2.45. The number of carbonyl (C=O) groups excluding carboxylic acids is 2. The number of hydrogen-bond donors (Lipinski definition) is 3. The molecule has 362 valence electrons. The van der Waals surface area contributed by atoms with Gasteiger partial charge in [-0.05, 0) is 51.4 Å². The van der Waals surface area contributed by atoms with Crippen molar-refractivity contribution in [2.24, 2.45) is 0 Å². The summed E-state index contributed by atoms with van der Waals surface area (Å²) in [4.78, 5) is 24.5. The number of nitrogens with one attached hydrogen (secondary N) is 1. The first-order valence-electron chi connectivity index (χ1n) is 27.4. The van der Waals surface area contributed by atoms with E-state index in [0.29, 0.717) is 25.9 Å². The number of aliphatic hydroxyl groups is 2. The Morgan fingerprint density at radius 1 is 0.443 bits per heavy atom. The zero-order chi connectivity index (χ0) is 44.4. The minimum Gasteiger partial charge on any atom is -0.466 e. The summed E-state index contributed by atoms with van der Waals surface area (Å²) in [5.74, 6) is -0.0730. The van der Waals surface area contributed by atoms with Gasteiger partial charge in [-0.3, -0.25) is 9.59 Å². The molecule has 61 heavy (non-hydrogen) atoms. The van der Waals surface area contributed by atoms with Crippen LogP contribution in [0.4, 0.5) is 0 Å². The first-order valence-corrected chi connectivity index (χ1v) is 27.4. The van der Waals surface area contributed by atoms with Crippen LogP contribution in [0.5, 0.6) is 0 Å². The molecule has 0 aromatic carbocycles. The van der Waals surface area contributed by atoms with Gasteiger partial charge in [-0.25, -0.2) is 0 Å². The lowest BCUT2D eigenvalue weighted by molar-refractivity contribution is -0.143. The Hall–Kier alpha value is -1.40. The van der Waals surface area contributed by atoms with E-state index in [1.54, 1.807) is 0 Å². The van der Waals surface area contributed by atoms with Crippen LogP contribution in [-0.2, 0) is 14.3 Å². The highest BCUT2D eigenvalue weighted by atomic mass is 16.5. The molecule has 0 spiro atoms. The van der Waals surface area contributed by atoms with Gasteiger partial charge in [0.05, 0.1) is 25.4 Å². The molecule has 0 rings (SSSR count). The van der Waals surface area contributed by atoms with E-state index in [0.717, 1.165) is 57.8 Å². The summed E-state index contributed by atoms with van der Waals surface area (Å²) in [5.41, 5.74) is 0. The van der Waals surface area contributed by atoms with Crippen LogP contribution in [0.25, 0.3) is 0 Å². The maximum absolute atomic E-state index is 12.5. The number of rotatable bonds is 51. The van der Waals surface area contributed by atoms with E-state index < -0.39 is 12.1 Å². The summed E-state index contributed by atoms with van der Waals surface area (Å²) < 4.78 is 5.45. The van der Waals surface area contributed by atoms with Gasteiger partial charge in [0.25, 0.3) is 0 Å². The maximum Gasteiger partial charge on any atom is 0.305 e. The monoisotopic (exact) mass is 862 g/mol. The Bertz CT molecular complexity index is 909. The highest BCUT2D eigenvalue weighted by molar-refractivity contribution is 5.76. The highest BCUT2D eigenvalue weighted by Crippen LogP contribution is 2.17. The second-order valence-corrected chi connectivity index (χ2v) is 18.9.